The van der Waals surface area contributed by atoms with E-state index in [-0.39, 0.29) is 23.7 Å². The first-order valence-electron chi connectivity index (χ1n) is 8.00. The van der Waals surface area contributed by atoms with E-state index in [4.69, 9.17) is 5.73 Å². The molecule has 1 aromatic rings. The fraction of sp³-hybridized carbons (Fsp3) is 0.800. The number of amides is 1. The first-order chi connectivity index (χ1) is 10.2. The number of aromatic nitrogens is 2. The van der Waals surface area contributed by atoms with Crippen LogP contribution >= 0.6 is 23.7 Å². The molecule has 0 radical (unpaired) electrons. The van der Waals surface area contributed by atoms with E-state index >= 15 is 0 Å². The number of hydrogen-bond acceptors (Lipinski definition) is 5. The van der Waals surface area contributed by atoms with Crippen LogP contribution < -0.4 is 11.1 Å². The molecular formula is C15H27ClN4OS. The molecule has 1 aliphatic rings. The minimum atomic E-state index is -0.00192. The topological polar surface area (TPSA) is 80.9 Å². The summed E-state index contributed by atoms with van der Waals surface area (Å²) in [5.41, 5.74) is 5.93. The molecule has 0 aliphatic heterocycles. The molecule has 1 aromatic heterocycles. The van der Waals surface area contributed by atoms with Gasteiger partial charge in [-0.1, -0.05) is 43.9 Å². The highest BCUT2D eigenvalue weighted by Gasteiger charge is 2.33. The van der Waals surface area contributed by atoms with Crippen molar-refractivity contribution in [1.82, 2.24) is 10.2 Å². The van der Waals surface area contributed by atoms with Gasteiger partial charge in [-0.2, -0.15) is 0 Å². The van der Waals surface area contributed by atoms with Crippen LogP contribution in [0.15, 0.2) is 0 Å². The van der Waals surface area contributed by atoms with Crippen LogP contribution in [0.1, 0.15) is 63.3 Å². The molecule has 0 bridgehead atoms. The molecule has 1 fully saturated rings. The Labute approximate surface area is 142 Å². The number of carbonyl (C=O) groups excluding carboxylic acids is 1. The summed E-state index contributed by atoms with van der Waals surface area (Å²) in [4.78, 5) is 12.2. The number of unbranched alkanes of at least 4 members (excludes halogenated alkanes) is 1. The van der Waals surface area contributed by atoms with Gasteiger partial charge in [0, 0.05) is 12.8 Å². The summed E-state index contributed by atoms with van der Waals surface area (Å²) in [5.74, 6) is 0.0283. The molecule has 0 aromatic carbocycles. The summed E-state index contributed by atoms with van der Waals surface area (Å²) < 4.78 is 0. The number of hydrogen-bond donors (Lipinski definition) is 2. The second-order valence-electron chi connectivity index (χ2n) is 6.09. The molecule has 1 saturated carbocycles. The Morgan fingerprint density at radius 1 is 1.32 bits per heavy atom. The lowest BCUT2D eigenvalue weighted by atomic mass is 9.72. The molecule has 0 saturated heterocycles. The monoisotopic (exact) mass is 346 g/mol. The largest absolute Gasteiger partial charge is 0.330 e. The maximum absolute atomic E-state index is 12.2. The van der Waals surface area contributed by atoms with E-state index in [9.17, 15) is 4.79 Å². The fourth-order valence-electron chi connectivity index (χ4n) is 2.99. The molecule has 3 N–H and O–H groups in total. The number of rotatable bonds is 7. The summed E-state index contributed by atoms with van der Waals surface area (Å²) in [6.07, 6.45) is 9.46. The lowest BCUT2D eigenvalue weighted by Gasteiger charge is -2.35. The van der Waals surface area contributed by atoms with Crippen LogP contribution in [0.4, 0.5) is 5.13 Å². The fourth-order valence-corrected chi connectivity index (χ4v) is 3.79. The Morgan fingerprint density at radius 2 is 2.05 bits per heavy atom. The van der Waals surface area contributed by atoms with Crippen molar-refractivity contribution in [2.75, 3.05) is 11.9 Å². The number of halogens is 1. The molecule has 1 amide bonds. The van der Waals surface area contributed by atoms with Gasteiger partial charge in [0.15, 0.2) is 0 Å². The maximum atomic E-state index is 12.2. The van der Waals surface area contributed by atoms with Crippen molar-refractivity contribution in [3.05, 3.63) is 5.01 Å². The van der Waals surface area contributed by atoms with Crippen molar-refractivity contribution in [2.45, 2.75) is 64.7 Å². The molecule has 126 valence electrons. The molecular weight excluding hydrogens is 320 g/mol. The molecule has 0 unspecified atom stereocenters. The minimum Gasteiger partial charge on any atom is -0.330 e. The van der Waals surface area contributed by atoms with Gasteiger partial charge in [-0.05, 0) is 31.2 Å². The first kappa shape index (κ1) is 19.3. The lowest BCUT2D eigenvalue weighted by molar-refractivity contribution is -0.118. The highest BCUT2D eigenvalue weighted by Crippen LogP contribution is 2.38. The van der Waals surface area contributed by atoms with Gasteiger partial charge in [-0.25, -0.2) is 0 Å². The molecule has 0 spiro atoms. The van der Waals surface area contributed by atoms with Crippen molar-refractivity contribution < 1.29 is 4.79 Å². The van der Waals surface area contributed by atoms with E-state index in [2.05, 4.69) is 22.4 Å². The normalized spacial score (nSPS) is 16.8. The van der Waals surface area contributed by atoms with Crippen LogP contribution in [-0.4, -0.2) is 22.6 Å². The summed E-state index contributed by atoms with van der Waals surface area (Å²) in [6.45, 7) is 2.75. The average Bonchev–Trinajstić information content (AvgIpc) is 2.93. The van der Waals surface area contributed by atoms with Crippen molar-refractivity contribution in [1.29, 1.82) is 0 Å². The van der Waals surface area contributed by atoms with Gasteiger partial charge < -0.3 is 11.1 Å². The Hall–Kier alpha value is -0.720. The lowest BCUT2D eigenvalue weighted by Crippen LogP contribution is -2.36. The van der Waals surface area contributed by atoms with E-state index < -0.39 is 0 Å². The quantitative estimate of drug-likeness (QED) is 0.791. The summed E-state index contributed by atoms with van der Waals surface area (Å²) in [7, 11) is 0. The van der Waals surface area contributed by atoms with E-state index in [0.29, 0.717) is 18.1 Å². The van der Waals surface area contributed by atoms with Crippen LogP contribution in [0.2, 0.25) is 0 Å². The van der Waals surface area contributed by atoms with Gasteiger partial charge in [0.05, 0.1) is 0 Å². The third-order valence-corrected chi connectivity index (χ3v) is 5.24. The number of nitrogens with one attached hydrogen (secondary N) is 1. The maximum Gasteiger partial charge on any atom is 0.226 e. The van der Waals surface area contributed by atoms with Gasteiger partial charge in [0.25, 0.3) is 0 Å². The van der Waals surface area contributed by atoms with Crippen LogP contribution in [0.5, 0.6) is 0 Å². The molecule has 7 heteroatoms. The van der Waals surface area contributed by atoms with Crippen LogP contribution in [0.25, 0.3) is 0 Å². The predicted molar refractivity (Wildman–Crippen MR) is 93.6 cm³/mol. The number of carbonyl (C=O) groups is 1. The van der Waals surface area contributed by atoms with E-state index in [1.165, 1.54) is 30.6 Å². The van der Waals surface area contributed by atoms with Crippen molar-refractivity contribution >= 4 is 34.8 Å². The zero-order chi connectivity index (χ0) is 15.1. The van der Waals surface area contributed by atoms with E-state index in [1.807, 2.05) is 0 Å². The third kappa shape index (κ3) is 5.48. The zero-order valence-electron chi connectivity index (χ0n) is 13.3. The van der Waals surface area contributed by atoms with Gasteiger partial charge in [0.1, 0.15) is 5.01 Å². The molecule has 1 aliphatic carbocycles. The second-order valence-corrected chi connectivity index (χ2v) is 7.16. The van der Waals surface area contributed by atoms with Gasteiger partial charge in [-0.3, -0.25) is 4.79 Å². The Bertz CT molecular complexity index is 460. The van der Waals surface area contributed by atoms with Crippen molar-refractivity contribution in [2.24, 2.45) is 11.1 Å². The number of nitrogens with zero attached hydrogens (tertiary/aromatic N) is 2. The standard InChI is InChI=1S/C15H26N4OS.ClH/c1-2-3-7-13-18-19-14(21-13)17-12(20)10-15(11-16)8-5-4-6-9-15;/h2-11,16H2,1H3,(H,17,19,20);1H. The Kier molecular flexibility index (Phi) is 8.28. The van der Waals surface area contributed by atoms with Crippen molar-refractivity contribution in [3.8, 4) is 0 Å². The predicted octanol–water partition coefficient (Wildman–Crippen LogP) is 3.54. The molecule has 1 heterocycles. The summed E-state index contributed by atoms with van der Waals surface area (Å²) in [6, 6.07) is 0. The Balaban J connectivity index is 0.00000242. The van der Waals surface area contributed by atoms with Crippen molar-refractivity contribution in [3.63, 3.8) is 0 Å². The summed E-state index contributed by atoms with van der Waals surface area (Å²) >= 11 is 1.48. The first-order valence-corrected chi connectivity index (χ1v) is 8.81. The molecule has 22 heavy (non-hydrogen) atoms. The van der Waals surface area contributed by atoms with Gasteiger partial charge in [-0.15, -0.1) is 22.6 Å². The number of aryl methyl sites for hydroxylation is 1. The van der Waals surface area contributed by atoms with Gasteiger partial charge in [0.2, 0.25) is 11.0 Å². The highest BCUT2D eigenvalue weighted by atomic mass is 35.5. The third-order valence-electron chi connectivity index (χ3n) is 4.34. The molecule has 2 rings (SSSR count). The molecule has 0 atom stereocenters. The molecule has 5 nitrogen and oxygen atoms in total. The smallest absolute Gasteiger partial charge is 0.226 e. The van der Waals surface area contributed by atoms with E-state index in [1.54, 1.807) is 0 Å². The van der Waals surface area contributed by atoms with Crippen LogP contribution in [0.3, 0.4) is 0 Å². The second kappa shape index (κ2) is 9.43. The number of nitrogens with two attached hydrogens (primary N) is 1. The van der Waals surface area contributed by atoms with Crippen LogP contribution in [-0.2, 0) is 11.2 Å². The SMILES string of the molecule is CCCCc1nnc(NC(=O)CC2(CN)CCCCC2)s1.Cl. The average molecular weight is 347 g/mol. The van der Waals surface area contributed by atoms with E-state index in [0.717, 1.165) is 37.1 Å². The summed E-state index contributed by atoms with van der Waals surface area (Å²) in [5, 5.41) is 12.7. The minimum absolute atomic E-state index is 0. The Morgan fingerprint density at radius 3 is 2.68 bits per heavy atom. The van der Waals surface area contributed by atoms with Crippen LogP contribution in [0, 0.1) is 5.41 Å². The van der Waals surface area contributed by atoms with Gasteiger partial charge >= 0.3 is 0 Å². The highest BCUT2D eigenvalue weighted by molar-refractivity contribution is 7.15. The zero-order valence-corrected chi connectivity index (χ0v) is 14.9. The number of anilines is 1.